The van der Waals surface area contributed by atoms with Crippen molar-refractivity contribution in [3.8, 4) is 11.5 Å². The van der Waals surface area contributed by atoms with Crippen LogP contribution in [-0.4, -0.2) is 50.0 Å². The Labute approximate surface area is 118 Å². The SMILES string of the molecule is COc1cc2[nH]c(C(C)=O)cc2cc1OCCN(C)C. The zero-order valence-corrected chi connectivity index (χ0v) is 12.3. The molecule has 1 aromatic heterocycles. The van der Waals surface area contributed by atoms with Crippen molar-refractivity contribution < 1.29 is 14.3 Å². The van der Waals surface area contributed by atoms with Crippen LogP contribution in [0.4, 0.5) is 0 Å². The zero-order chi connectivity index (χ0) is 14.7. The van der Waals surface area contributed by atoms with Crippen LogP contribution < -0.4 is 9.47 Å². The number of rotatable bonds is 6. The molecule has 0 saturated carbocycles. The topological polar surface area (TPSA) is 54.6 Å². The van der Waals surface area contributed by atoms with E-state index in [0.29, 0.717) is 23.8 Å². The monoisotopic (exact) mass is 276 g/mol. The van der Waals surface area contributed by atoms with Crippen molar-refractivity contribution in [3.63, 3.8) is 0 Å². The Morgan fingerprint density at radius 3 is 2.60 bits per heavy atom. The van der Waals surface area contributed by atoms with Crippen molar-refractivity contribution in [2.24, 2.45) is 0 Å². The molecule has 0 spiro atoms. The molecule has 0 aliphatic rings. The number of hydrogen-bond donors (Lipinski definition) is 1. The minimum Gasteiger partial charge on any atom is -0.493 e. The summed E-state index contributed by atoms with van der Waals surface area (Å²) in [6.45, 7) is 2.95. The van der Waals surface area contributed by atoms with Gasteiger partial charge in [0.25, 0.3) is 0 Å². The maximum atomic E-state index is 11.4. The second-order valence-corrected chi connectivity index (χ2v) is 4.98. The van der Waals surface area contributed by atoms with Crippen molar-refractivity contribution in [2.75, 3.05) is 34.4 Å². The van der Waals surface area contributed by atoms with Crippen LogP contribution >= 0.6 is 0 Å². The molecule has 0 unspecified atom stereocenters. The zero-order valence-electron chi connectivity index (χ0n) is 12.3. The van der Waals surface area contributed by atoms with Crippen molar-refractivity contribution in [3.05, 3.63) is 23.9 Å². The third-order valence-electron chi connectivity index (χ3n) is 3.08. The Hall–Kier alpha value is -2.01. The quantitative estimate of drug-likeness (QED) is 0.823. The van der Waals surface area contributed by atoms with Gasteiger partial charge in [-0.05, 0) is 26.2 Å². The number of benzene rings is 1. The molecule has 1 N–H and O–H groups in total. The van der Waals surface area contributed by atoms with Crippen molar-refractivity contribution in [2.45, 2.75) is 6.92 Å². The molecule has 0 fully saturated rings. The molecular weight excluding hydrogens is 256 g/mol. The molecule has 1 aromatic carbocycles. The van der Waals surface area contributed by atoms with Gasteiger partial charge in [0.15, 0.2) is 17.3 Å². The summed E-state index contributed by atoms with van der Waals surface area (Å²) >= 11 is 0. The fourth-order valence-corrected chi connectivity index (χ4v) is 1.94. The van der Waals surface area contributed by atoms with E-state index in [4.69, 9.17) is 9.47 Å². The molecule has 108 valence electrons. The predicted molar refractivity (Wildman–Crippen MR) is 78.9 cm³/mol. The Kier molecular flexibility index (Phi) is 4.29. The number of ether oxygens (including phenoxy) is 2. The third-order valence-corrected chi connectivity index (χ3v) is 3.08. The van der Waals surface area contributed by atoms with E-state index in [9.17, 15) is 4.79 Å². The molecule has 0 bridgehead atoms. The number of nitrogens with zero attached hydrogens (tertiary/aromatic N) is 1. The number of H-pyrrole nitrogens is 1. The molecular formula is C15H20N2O3. The number of nitrogens with one attached hydrogen (secondary N) is 1. The smallest absolute Gasteiger partial charge is 0.175 e. The van der Waals surface area contributed by atoms with Gasteiger partial charge in [0.2, 0.25) is 0 Å². The number of carbonyl (C=O) groups is 1. The second kappa shape index (κ2) is 5.96. The Morgan fingerprint density at radius 2 is 2.00 bits per heavy atom. The van der Waals surface area contributed by atoms with Crippen LogP contribution in [0.3, 0.4) is 0 Å². The summed E-state index contributed by atoms with van der Waals surface area (Å²) < 4.78 is 11.1. The molecule has 0 atom stereocenters. The number of methoxy groups -OCH3 is 1. The number of hydrogen-bond acceptors (Lipinski definition) is 4. The van der Waals surface area contributed by atoms with Crippen LogP contribution in [0.1, 0.15) is 17.4 Å². The lowest BCUT2D eigenvalue weighted by Gasteiger charge is -2.13. The summed E-state index contributed by atoms with van der Waals surface area (Å²) in [6, 6.07) is 5.58. The van der Waals surface area contributed by atoms with Gasteiger partial charge in [-0.1, -0.05) is 0 Å². The van der Waals surface area contributed by atoms with E-state index in [2.05, 4.69) is 9.88 Å². The Bertz CT molecular complexity index is 617. The summed E-state index contributed by atoms with van der Waals surface area (Å²) in [5.41, 5.74) is 1.46. The molecule has 0 aliphatic heterocycles. The first kappa shape index (κ1) is 14.4. The summed E-state index contributed by atoms with van der Waals surface area (Å²) in [7, 11) is 5.60. The molecule has 0 saturated heterocycles. The predicted octanol–water partition coefficient (Wildman–Crippen LogP) is 2.32. The van der Waals surface area contributed by atoms with E-state index in [0.717, 1.165) is 17.4 Å². The third kappa shape index (κ3) is 3.11. The van der Waals surface area contributed by atoms with Gasteiger partial charge in [0.1, 0.15) is 6.61 Å². The van der Waals surface area contributed by atoms with Gasteiger partial charge in [0.05, 0.1) is 12.8 Å². The number of aromatic nitrogens is 1. The molecule has 0 radical (unpaired) electrons. The minimum atomic E-state index is 0.00948. The van der Waals surface area contributed by atoms with Gasteiger partial charge in [-0.2, -0.15) is 0 Å². The summed E-state index contributed by atoms with van der Waals surface area (Å²) in [5, 5.41) is 0.941. The van der Waals surface area contributed by atoms with Gasteiger partial charge < -0.3 is 19.4 Å². The number of ketones is 1. The van der Waals surface area contributed by atoms with Gasteiger partial charge in [-0.3, -0.25) is 4.79 Å². The van der Waals surface area contributed by atoms with Crippen molar-refractivity contribution in [1.82, 2.24) is 9.88 Å². The average molecular weight is 276 g/mol. The fraction of sp³-hybridized carbons (Fsp3) is 0.400. The molecule has 5 nitrogen and oxygen atoms in total. The lowest BCUT2D eigenvalue weighted by Crippen LogP contribution is -2.19. The maximum absolute atomic E-state index is 11.4. The largest absolute Gasteiger partial charge is 0.493 e. The highest BCUT2D eigenvalue weighted by molar-refractivity contribution is 5.98. The maximum Gasteiger partial charge on any atom is 0.175 e. The van der Waals surface area contributed by atoms with Gasteiger partial charge >= 0.3 is 0 Å². The number of aromatic amines is 1. The molecule has 20 heavy (non-hydrogen) atoms. The minimum absolute atomic E-state index is 0.00948. The van der Waals surface area contributed by atoms with Crippen molar-refractivity contribution in [1.29, 1.82) is 0 Å². The Balaban J connectivity index is 2.30. The van der Waals surface area contributed by atoms with Crippen LogP contribution in [0.2, 0.25) is 0 Å². The molecule has 0 amide bonds. The highest BCUT2D eigenvalue weighted by Gasteiger charge is 2.11. The van der Waals surface area contributed by atoms with Gasteiger partial charge in [-0.25, -0.2) is 0 Å². The van der Waals surface area contributed by atoms with E-state index < -0.39 is 0 Å². The highest BCUT2D eigenvalue weighted by Crippen LogP contribution is 2.32. The first-order valence-corrected chi connectivity index (χ1v) is 6.50. The molecule has 2 rings (SSSR count). The normalized spacial score (nSPS) is 11.1. The van der Waals surface area contributed by atoms with Crippen LogP contribution in [0, 0.1) is 0 Å². The lowest BCUT2D eigenvalue weighted by atomic mass is 10.2. The van der Waals surface area contributed by atoms with Crippen LogP contribution in [0.15, 0.2) is 18.2 Å². The molecule has 2 aromatic rings. The van der Waals surface area contributed by atoms with E-state index in [1.807, 2.05) is 32.3 Å². The molecule has 1 heterocycles. The van der Waals surface area contributed by atoms with Gasteiger partial charge in [0, 0.05) is 30.4 Å². The van der Waals surface area contributed by atoms with Crippen LogP contribution in [0.25, 0.3) is 10.9 Å². The molecule has 0 aliphatic carbocycles. The van der Waals surface area contributed by atoms with E-state index in [1.165, 1.54) is 6.92 Å². The van der Waals surface area contributed by atoms with Gasteiger partial charge in [-0.15, -0.1) is 0 Å². The summed E-state index contributed by atoms with van der Waals surface area (Å²) in [5.74, 6) is 1.36. The standard InChI is InChI=1S/C15H20N2O3/c1-10(18)12-7-11-8-15(20-6-5-17(2)3)14(19-4)9-13(11)16-12/h7-9,16H,5-6H2,1-4H3. The highest BCUT2D eigenvalue weighted by atomic mass is 16.5. The lowest BCUT2D eigenvalue weighted by molar-refractivity contribution is 0.101. The van der Waals surface area contributed by atoms with Crippen LogP contribution in [0.5, 0.6) is 11.5 Å². The number of fused-ring (bicyclic) bond motifs is 1. The summed E-state index contributed by atoms with van der Waals surface area (Å²) in [6.07, 6.45) is 0. The van der Waals surface area contributed by atoms with E-state index >= 15 is 0 Å². The Morgan fingerprint density at radius 1 is 1.25 bits per heavy atom. The summed E-state index contributed by atoms with van der Waals surface area (Å²) in [4.78, 5) is 16.5. The van der Waals surface area contributed by atoms with Crippen LogP contribution in [-0.2, 0) is 0 Å². The van der Waals surface area contributed by atoms with E-state index in [-0.39, 0.29) is 5.78 Å². The number of Topliss-reactive ketones (excluding diaryl/α,β-unsaturated/α-hetero) is 1. The molecule has 5 heteroatoms. The number of likely N-dealkylation sites (N-methyl/N-ethyl adjacent to an activating group) is 1. The number of carbonyl (C=O) groups excluding carboxylic acids is 1. The average Bonchev–Trinajstić information content (AvgIpc) is 2.80. The first-order valence-electron chi connectivity index (χ1n) is 6.50. The fourth-order valence-electron chi connectivity index (χ4n) is 1.94. The van der Waals surface area contributed by atoms with Crippen molar-refractivity contribution >= 4 is 16.7 Å². The second-order valence-electron chi connectivity index (χ2n) is 4.98. The first-order chi connectivity index (χ1) is 9.51. The van der Waals surface area contributed by atoms with E-state index in [1.54, 1.807) is 7.11 Å².